The first kappa shape index (κ1) is 14.0. The Morgan fingerprint density at radius 3 is 2.79 bits per heavy atom. The van der Waals surface area contributed by atoms with Crippen LogP contribution in [0.15, 0.2) is 24.5 Å². The lowest BCUT2D eigenvalue weighted by molar-refractivity contribution is -0.143. The number of carbonyl (C=O) groups is 1. The Morgan fingerprint density at radius 2 is 2.21 bits per heavy atom. The van der Waals surface area contributed by atoms with Crippen LogP contribution in [0, 0.1) is 11.8 Å². The Labute approximate surface area is 114 Å². The van der Waals surface area contributed by atoms with Crippen LogP contribution in [0.1, 0.15) is 44.2 Å². The molecule has 1 aromatic rings. The van der Waals surface area contributed by atoms with E-state index in [1.54, 1.807) is 6.20 Å². The summed E-state index contributed by atoms with van der Waals surface area (Å²) in [5, 5.41) is 12.5. The van der Waals surface area contributed by atoms with Gasteiger partial charge in [0.1, 0.15) is 0 Å². The van der Waals surface area contributed by atoms with E-state index >= 15 is 0 Å². The third-order valence-electron chi connectivity index (χ3n) is 4.09. The second-order valence-electron chi connectivity index (χ2n) is 5.47. The molecule has 1 atom stereocenters. The maximum atomic E-state index is 10.9. The Morgan fingerprint density at radius 1 is 1.47 bits per heavy atom. The van der Waals surface area contributed by atoms with Crippen molar-refractivity contribution in [2.45, 2.75) is 38.6 Å². The molecule has 19 heavy (non-hydrogen) atoms. The van der Waals surface area contributed by atoms with E-state index in [2.05, 4.69) is 23.3 Å². The van der Waals surface area contributed by atoms with Crippen molar-refractivity contribution in [3.8, 4) is 0 Å². The molecule has 0 aliphatic heterocycles. The van der Waals surface area contributed by atoms with Crippen LogP contribution in [0.5, 0.6) is 0 Å². The van der Waals surface area contributed by atoms with Crippen molar-refractivity contribution >= 4 is 5.97 Å². The molecule has 0 aromatic carbocycles. The van der Waals surface area contributed by atoms with Crippen molar-refractivity contribution in [1.82, 2.24) is 10.3 Å². The minimum absolute atomic E-state index is 0.119. The molecule has 4 nitrogen and oxygen atoms in total. The highest BCUT2D eigenvalue weighted by Crippen LogP contribution is 2.28. The Bertz CT molecular complexity index is 400. The molecule has 1 aliphatic rings. The highest BCUT2D eigenvalue weighted by molar-refractivity contribution is 5.69. The van der Waals surface area contributed by atoms with Crippen molar-refractivity contribution in [3.63, 3.8) is 0 Å². The van der Waals surface area contributed by atoms with Gasteiger partial charge in [-0.25, -0.2) is 0 Å². The number of rotatable bonds is 5. The van der Waals surface area contributed by atoms with Gasteiger partial charge in [0.25, 0.3) is 0 Å². The summed E-state index contributed by atoms with van der Waals surface area (Å²) in [4.78, 5) is 15.0. The lowest BCUT2D eigenvalue weighted by atomic mass is 9.82. The van der Waals surface area contributed by atoms with Crippen molar-refractivity contribution in [1.29, 1.82) is 0 Å². The van der Waals surface area contributed by atoms with Crippen LogP contribution in [-0.2, 0) is 4.79 Å². The van der Waals surface area contributed by atoms with Crippen LogP contribution in [0.3, 0.4) is 0 Å². The van der Waals surface area contributed by atoms with Crippen LogP contribution < -0.4 is 5.32 Å². The van der Waals surface area contributed by atoms with Gasteiger partial charge in [0.2, 0.25) is 0 Å². The summed E-state index contributed by atoms with van der Waals surface area (Å²) in [6, 6.07) is 4.32. The van der Waals surface area contributed by atoms with Crippen LogP contribution in [0.25, 0.3) is 0 Å². The number of nitrogens with one attached hydrogen (secondary N) is 1. The quantitative estimate of drug-likeness (QED) is 0.856. The lowest BCUT2D eigenvalue weighted by Crippen LogP contribution is -2.30. The molecule has 1 aromatic heterocycles. The minimum atomic E-state index is -0.630. The van der Waals surface area contributed by atoms with Gasteiger partial charge in [0, 0.05) is 18.4 Å². The van der Waals surface area contributed by atoms with E-state index in [4.69, 9.17) is 5.11 Å². The van der Waals surface area contributed by atoms with E-state index in [1.807, 2.05) is 12.3 Å². The van der Waals surface area contributed by atoms with Gasteiger partial charge < -0.3 is 10.4 Å². The van der Waals surface area contributed by atoms with Crippen LogP contribution >= 0.6 is 0 Å². The lowest BCUT2D eigenvalue weighted by Gasteiger charge is -2.27. The van der Waals surface area contributed by atoms with E-state index in [0.717, 1.165) is 32.2 Å². The zero-order valence-corrected chi connectivity index (χ0v) is 11.4. The van der Waals surface area contributed by atoms with Gasteiger partial charge in [-0.05, 0) is 56.7 Å². The van der Waals surface area contributed by atoms with E-state index < -0.39 is 5.97 Å². The van der Waals surface area contributed by atoms with E-state index in [-0.39, 0.29) is 5.92 Å². The fraction of sp³-hybridized carbons (Fsp3) is 0.600. The summed E-state index contributed by atoms with van der Waals surface area (Å²) < 4.78 is 0. The van der Waals surface area contributed by atoms with Crippen LogP contribution in [0.2, 0.25) is 0 Å². The predicted octanol–water partition coefficient (Wildman–Crippen LogP) is 2.62. The number of aliphatic carboxylic acids is 1. The molecule has 2 N–H and O–H groups in total. The molecule has 0 saturated heterocycles. The van der Waals surface area contributed by atoms with Gasteiger partial charge in [0.15, 0.2) is 0 Å². The van der Waals surface area contributed by atoms with E-state index in [0.29, 0.717) is 12.0 Å². The summed E-state index contributed by atoms with van der Waals surface area (Å²) in [5.41, 5.74) is 1.20. The molecule has 0 bridgehead atoms. The van der Waals surface area contributed by atoms with Gasteiger partial charge in [-0.2, -0.15) is 0 Å². The third-order valence-corrected chi connectivity index (χ3v) is 4.09. The molecule has 1 heterocycles. The zero-order valence-electron chi connectivity index (χ0n) is 11.4. The fourth-order valence-electron chi connectivity index (χ4n) is 2.71. The molecule has 1 fully saturated rings. The van der Waals surface area contributed by atoms with Crippen molar-refractivity contribution < 1.29 is 9.90 Å². The summed E-state index contributed by atoms with van der Waals surface area (Å²) >= 11 is 0. The second-order valence-corrected chi connectivity index (χ2v) is 5.47. The average molecular weight is 262 g/mol. The first-order valence-electron chi connectivity index (χ1n) is 7.03. The van der Waals surface area contributed by atoms with Gasteiger partial charge >= 0.3 is 5.97 Å². The van der Waals surface area contributed by atoms with Gasteiger partial charge in [-0.1, -0.05) is 6.07 Å². The summed E-state index contributed by atoms with van der Waals surface area (Å²) in [7, 11) is 0. The van der Waals surface area contributed by atoms with E-state index in [1.165, 1.54) is 5.56 Å². The molecular weight excluding hydrogens is 240 g/mol. The third kappa shape index (κ3) is 4.03. The summed E-state index contributed by atoms with van der Waals surface area (Å²) in [6.07, 6.45) is 7.35. The SMILES string of the molecule is CC(NCC1CCC(C(=O)O)CC1)c1cccnc1. The number of nitrogens with zero attached hydrogens (tertiary/aromatic N) is 1. The average Bonchev–Trinajstić information content (AvgIpc) is 2.46. The molecule has 4 heteroatoms. The topological polar surface area (TPSA) is 62.2 Å². The number of hydrogen-bond acceptors (Lipinski definition) is 3. The second kappa shape index (κ2) is 6.66. The smallest absolute Gasteiger partial charge is 0.306 e. The predicted molar refractivity (Wildman–Crippen MR) is 73.7 cm³/mol. The molecule has 1 unspecified atom stereocenters. The molecule has 2 rings (SSSR count). The highest BCUT2D eigenvalue weighted by Gasteiger charge is 2.25. The molecule has 1 saturated carbocycles. The largest absolute Gasteiger partial charge is 0.481 e. The van der Waals surface area contributed by atoms with Crippen molar-refractivity contribution in [2.24, 2.45) is 11.8 Å². The first-order chi connectivity index (χ1) is 9.16. The van der Waals surface area contributed by atoms with Crippen LogP contribution in [-0.4, -0.2) is 22.6 Å². The number of carboxylic acid groups (broad SMARTS) is 1. The Hall–Kier alpha value is -1.42. The number of hydrogen-bond donors (Lipinski definition) is 2. The maximum absolute atomic E-state index is 10.9. The zero-order chi connectivity index (χ0) is 13.7. The molecular formula is C15H22N2O2. The van der Waals surface area contributed by atoms with Gasteiger partial charge in [0.05, 0.1) is 5.92 Å². The molecule has 104 valence electrons. The number of pyridine rings is 1. The summed E-state index contributed by atoms with van der Waals surface area (Å²) in [6.45, 7) is 3.10. The monoisotopic (exact) mass is 262 g/mol. The number of carboxylic acids is 1. The van der Waals surface area contributed by atoms with Gasteiger partial charge in [-0.15, -0.1) is 0 Å². The summed E-state index contributed by atoms with van der Waals surface area (Å²) in [5.74, 6) is -0.142. The first-order valence-corrected chi connectivity index (χ1v) is 7.03. The standard InChI is InChI=1S/C15H22N2O2/c1-11(14-3-2-8-16-10-14)17-9-12-4-6-13(7-5-12)15(18)19/h2-3,8,10-13,17H,4-7,9H2,1H3,(H,18,19). The Balaban J connectivity index is 1.73. The maximum Gasteiger partial charge on any atom is 0.306 e. The van der Waals surface area contributed by atoms with E-state index in [9.17, 15) is 4.79 Å². The molecule has 0 radical (unpaired) electrons. The highest BCUT2D eigenvalue weighted by atomic mass is 16.4. The van der Waals surface area contributed by atoms with Crippen molar-refractivity contribution in [3.05, 3.63) is 30.1 Å². The molecule has 1 aliphatic carbocycles. The van der Waals surface area contributed by atoms with Crippen molar-refractivity contribution in [2.75, 3.05) is 6.54 Å². The minimum Gasteiger partial charge on any atom is -0.481 e. The number of aromatic nitrogens is 1. The molecule has 0 amide bonds. The van der Waals surface area contributed by atoms with Crippen LogP contribution in [0.4, 0.5) is 0 Å². The Kier molecular flexibility index (Phi) is 4.91. The molecule has 0 spiro atoms. The normalized spacial score (nSPS) is 24.9. The van der Waals surface area contributed by atoms with Gasteiger partial charge in [-0.3, -0.25) is 9.78 Å². The fourth-order valence-corrected chi connectivity index (χ4v) is 2.71.